The molecule has 1 aromatic rings. The second-order valence-electron chi connectivity index (χ2n) is 5.43. The van der Waals surface area contributed by atoms with Gasteiger partial charge in [-0.25, -0.2) is 0 Å². The van der Waals surface area contributed by atoms with Gasteiger partial charge in [-0.2, -0.15) is 0 Å². The number of piperazine rings is 1. The van der Waals surface area contributed by atoms with Crippen LogP contribution in [0.3, 0.4) is 0 Å². The van der Waals surface area contributed by atoms with Crippen molar-refractivity contribution in [3.63, 3.8) is 0 Å². The van der Waals surface area contributed by atoms with Crippen molar-refractivity contribution in [3.05, 3.63) is 29.8 Å². The van der Waals surface area contributed by atoms with E-state index in [1.165, 1.54) is 0 Å². The summed E-state index contributed by atoms with van der Waals surface area (Å²) in [6.45, 7) is 5.15. The standard InChI is InChI=1S/C15H21N3O3/c1-10-7-18(8-11(2)17-10)15(20)12-5-3-4-6-13(12)21-9-14(16)19/h3-6,10-11,17H,7-9H2,1-2H3,(H2,16,19)/t10-,11-/m1/s1. The predicted octanol–water partition coefficient (Wildman–Crippen LogP) is 0.373. The maximum absolute atomic E-state index is 12.7. The number of carbonyl (C=O) groups is 2. The molecule has 21 heavy (non-hydrogen) atoms. The molecule has 0 spiro atoms. The Morgan fingerprint density at radius 3 is 2.52 bits per heavy atom. The smallest absolute Gasteiger partial charge is 0.257 e. The van der Waals surface area contributed by atoms with Crippen molar-refractivity contribution in [2.75, 3.05) is 19.7 Å². The lowest BCUT2D eigenvalue weighted by molar-refractivity contribution is -0.119. The van der Waals surface area contributed by atoms with Crippen molar-refractivity contribution in [2.24, 2.45) is 5.73 Å². The number of amides is 2. The van der Waals surface area contributed by atoms with Crippen LogP contribution in [-0.2, 0) is 4.79 Å². The number of nitrogens with two attached hydrogens (primary N) is 1. The molecule has 1 saturated heterocycles. The minimum atomic E-state index is -0.568. The average molecular weight is 291 g/mol. The van der Waals surface area contributed by atoms with Gasteiger partial charge in [-0.05, 0) is 26.0 Å². The molecule has 0 unspecified atom stereocenters. The van der Waals surface area contributed by atoms with Gasteiger partial charge in [-0.1, -0.05) is 12.1 Å². The molecule has 6 heteroatoms. The quantitative estimate of drug-likeness (QED) is 0.839. The van der Waals surface area contributed by atoms with Gasteiger partial charge in [-0.15, -0.1) is 0 Å². The molecule has 1 aromatic carbocycles. The minimum Gasteiger partial charge on any atom is -0.483 e. The lowest BCUT2D eigenvalue weighted by atomic mass is 10.1. The molecule has 2 rings (SSSR count). The van der Waals surface area contributed by atoms with Crippen LogP contribution in [0.25, 0.3) is 0 Å². The number of para-hydroxylation sites is 1. The van der Waals surface area contributed by atoms with Crippen LogP contribution in [0.5, 0.6) is 5.75 Å². The van der Waals surface area contributed by atoms with E-state index in [1.807, 2.05) is 13.8 Å². The first kappa shape index (κ1) is 15.3. The molecule has 2 amide bonds. The van der Waals surface area contributed by atoms with Crippen molar-refractivity contribution < 1.29 is 14.3 Å². The number of ether oxygens (including phenoxy) is 1. The Balaban J connectivity index is 2.16. The van der Waals surface area contributed by atoms with Crippen LogP contribution >= 0.6 is 0 Å². The molecule has 114 valence electrons. The van der Waals surface area contributed by atoms with E-state index in [-0.39, 0.29) is 24.6 Å². The van der Waals surface area contributed by atoms with Crippen LogP contribution in [0.15, 0.2) is 24.3 Å². The molecule has 6 nitrogen and oxygen atoms in total. The first-order valence-electron chi connectivity index (χ1n) is 7.03. The van der Waals surface area contributed by atoms with E-state index in [0.29, 0.717) is 24.4 Å². The monoisotopic (exact) mass is 291 g/mol. The summed E-state index contributed by atoms with van der Waals surface area (Å²) in [5, 5.41) is 3.38. The van der Waals surface area contributed by atoms with Gasteiger partial charge in [0.25, 0.3) is 11.8 Å². The molecule has 1 heterocycles. The Labute approximate surface area is 124 Å². The van der Waals surface area contributed by atoms with Crippen molar-refractivity contribution >= 4 is 11.8 Å². The number of rotatable bonds is 4. The van der Waals surface area contributed by atoms with E-state index in [9.17, 15) is 9.59 Å². The first-order chi connectivity index (χ1) is 9.97. The summed E-state index contributed by atoms with van der Waals surface area (Å²) in [5.74, 6) is -0.267. The van der Waals surface area contributed by atoms with Crippen LogP contribution in [0.1, 0.15) is 24.2 Å². The Hall–Kier alpha value is -2.08. The van der Waals surface area contributed by atoms with E-state index in [4.69, 9.17) is 10.5 Å². The third-order valence-corrected chi connectivity index (χ3v) is 3.33. The summed E-state index contributed by atoms with van der Waals surface area (Å²) in [4.78, 5) is 25.3. The number of nitrogens with one attached hydrogen (secondary N) is 1. The fourth-order valence-electron chi connectivity index (χ4n) is 2.58. The fraction of sp³-hybridized carbons (Fsp3) is 0.467. The highest BCUT2D eigenvalue weighted by atomic mass is 16.5. The molecule has 0 aliphatic carbocycles. The normalized spacial score (nSPS) is 21.9. The number of primary amides is 1. The van der Waals surface area contributed by atoms with E-state index in [1.54, 1.807) is 29.2 Å². The van der Waals surface area contributed by atoms with Gasteiger partial charge in [0, 0.05) is 25.2 Å². The van der Waals surface area contributed by atoms with Crippen molar-refractivity contribution in [3.8, 4) is 5.75 Å². The number of carbonyl (C=O) groups excluding carboxylic acids is 2. The largest absolute Gasteiger partial charge is 0.483 e. The molecule has 0 aromatic heterocycles. The lowest BCUT2D eigenvalue weighted by Gasteiger charge is -2.36. The number of hydrogen-bond acceptors (Lipinski definition) is 4. The number of hydrogen-bond donors (Lipinski definition) is 2. The summed E-state index contributed by atoms with van der Waals surface area (Å²) in [6.07, 6.45) is 0. The van der Waals surface area contributed by atoms with E-state index < -0.39 is 5.91 Å². The Kier molecular flexibility index (Phi) is 4.80. The average Bonchev–Trinajstić information content (AvgIpc) is 2.43. The predicted molar refractivity (Wildman–Crippen MR) is 79.1 cm³/mol. The summed E-state index contributed by atoms with van der Waals surface area (Å²) < 4.78 is 5.33. The van der Waals surface area contributed by atoms with Crippen molar-refractivity contribution in [2.45, 2.75) is 25.9 Å². The van der Waals surface area contributed by atoms with Crippen LogP contribution in [0.4, 0.5) is 0 Å². The molecule has 1 aliphatic heterocycles. The molecule has 1 aliphatic rings. The SMILES string of the molecule is C[C@@H]1CN(C(=O)c2ccccc2OCC(N)=O)C[C@@H](C)N1. The van der Waals surface area contributed by atoms with Gasteiger partial charge < -0.3 is 20.7 Å². The fourth-order valence-corrected chi connectivity index (χ4v) is 2.58. The summed E-state index contributed by atoms with van der Waals surface area (Å²) in [7, 11) is 0. The highest BCUT2D eigenvalue weighted by Gasteiger charge is 2.27. The Bertz CT molecular complexity index is 523. The van der Waals surface area contributed by atoms with Gasteiger partial charge in [0.2, 0.25) is 0 Å². The van der Waals surface area contributed by atoms with E-state index in [2.05, 4.69) is 5.32 Å². The number of nitrogens with zero attached hydrogens (tertiary/aromatic N) is 1. The molecular weight excluding hydrogens is 270 g/mol. The number of benzene rings is 1. The summed E-state index contributed by atoms with van der Waals surface area (Å²) in [5.41, 5.74) is 5.54. The summed E-state index contributed by atoms with van der Waals surface area (Å²) in [6, 6.07) is 7.41. The van der Waals surface area contributed by atoms with Crippen LogP contribution < -0.4 is 15.8 Å². The van der Waals surface area contributed by atoms with Gasteiger partial charge in [0.15, 0.2) is 6.61 Å². The highest BCUT2D eigenvalue weighted by molar-refractivity contribution is 5.97. The third-order valence-electron chi connectivity index (χ3n) is 3.33. The van der Waals surface area contributed by atoms with Crippen molar-refractivity contribution in [1.29, 1.82) is 0 Å². The topological polar surface area (TPSA) is 84.7 Å². The Morgan fingerprint density at radius 2 is 1.90 bits per heavy atom. The molecule has 1 fully saturated rings. The zero-order chi connectivity index (χ0) is 15.4. The molecule has 3 N–H and O–H groups in total. The van der Waals surface area contributed by atoms with E-state index in [0.717, 1.165) is 0 Å². The molecule has 2 atom stereocenters. The summed E-state index contributed by atoms with van der Waals surface area (Å²) >= 11 is 0. The lowest BCUT2D eigenvalue weighted by Crippen LogP contribution is -2.55. The van der Waals surface area contributed by atoms with Gasteiger partial charge in [0.1, 0.15) is 5.75 Å². The van der Waals surface area contributed by atoms with Crippen molar-refractivity contribution in [1.82, 2.24) is 10.2 Å². The van der Waals surface area contributed by atoms with Gasteiger partial charge >= 0.3 is 0 Å². The van der Waals surface area contributed by atoms with Crippen LogP contribution in [0, 0.1) is 0 Å². The van der Waals surface area contributed by atoms with Crippen LogP contribution in [-0.4, -0.2) is 48.5 Å². The zero-order valence-corrected chi connectivity index (χ0v) is 12.3. The molecular formula is C15H21N3O3. The van der Waals surface area contributed by atoms with Crippen LogP contribution in [0.2, 0.25) is 0 Å². The molecule has 0 bridgehead atoms. The Morgan fingerprint density at radius 1 is 1.29 bits per heavy atom. The zero-order valence-electron chi connectivity index (χ0n) is 12.3. The molecule has 0 saturated carbocycles. The second kappa shape index (κ2) is 6.58. The minimum absolute atomic E-state index is 0.0877. The van der Waals surface area contributed by atoms with Gasteiger partial charge in [0.05, 0.1) is 5.56 Å². The highest BCUT2D eigenvalue weighted by Crippen LogP contribution is 2.21. The second-order valence-corrected chi connectivity index (χ2v) is 5.43. The third kappa shape index (κ3) is 3.95. The van der Waals surface area contributed by atoms with E-state index >= 15 is 0 Å². The first-order valence-corrected chi connectivity index (χ1v) is 7.03. The van der Waals surface area contributed by atoms with Gasteiger partial charge in [-0.3, -0.25) is 9.59 Å². The maximum Gasteiger partial charge on any atom is 0.257 e. The molecule has 0 radical (unpaired) electrons. The maximum atomic E-state index is 12.7.